The molecule has 2 aromatic carbocycles. The standard InChI is InChI=1S/C24H27ClN2O3/c1-15-4-9-20-17(3)23(30-22(20)16(15)2)24(28)26-14-21(27-10-12-29-13-11-27)18-5-7-19(25)8-6-18/h4-9,21H,10-14H2,1-3H3,(H,26,28)/t21-/m0/s1. The van der Waals surface area contributed by atoms with E-state index in [0.29, 0.717) is 30.5 Å². The molecule has 1 atom stereocenters. The number of carbonyl (C=O) groups excluding carboxylic acids is 1. The van der Waals surface area contributed by atoms with Gasteiger partial charge in [-0.05, 0) is 49.6 Å². The average Bonchev–Trinajstić information content (AvgIpc) is 3.10. The van der Waals surface area contributed by atoms with Gasteiger partial charge < -0.3 is 14.5 Å². The molecule has 4 rings (SSSR count). The Morgan fingerprint density at radius 2 is 1.77 bits per heavy atom. The molecule has 1 N–H and O–H groups in total. The van der Waals surface area contributed by atoms with E-state index in [4.69, 9.17) is 20.8 Å². The van der Waals surface area contributed by atoms with Crippen LogP contribution in [0, 0.1) is 20.8 Å². The van der Waals surface area contributed by atoms with E-state index in [9.17, 15) is 4.79 Å². The summed E-state index contributed by atoms with van der Waals surface area (Å²) in [5.74, 6) is 0.198. The first-order chi connectivity index (χ1) is 14.5. The second kappa shape index (κ2) is 8.80. The summed E-state index contributed by atoms with van der Waals surface area (Å²) in [6.45, 7) is 9.53. The van der Waals surface area contributed by atoms with Gasteiger partial charge in [-0.2, -0.15) is 0 Å². The molecule has 1 aliphatic rings. The Bertz CT molecular complexity index is 1050. The summed E-state index contributed by atoms with van der Waals surface area (Å²) in [5.41, 5.74) is 5.01. The largest absolute Gasteiger partial charge is 0.450 e. The van der Waals surface area contributed by atoms with E-state index < -0.39 is 0 Å². The lowest BCUT2D eigenvalue weighted by Crippen LogP contribution is -2.43. The smallest absolute Gasteiger partial charge is 0.287 e. The molecule has 1 aromatic heterocycles. The fourth-order valence-corrected chi connectivity index (χ4v) is 4.16. The number of benzene rings is 2. The van der Waals surface area contributed by atoms with Crippen LogP contribution < -0.4 is 5.32 Å². The van der Waals surface area contributed by atoms with Crippen LogP contribution in [0.25, 0.3) is 11.0 Å². The molecule has 5 nitrogen and oxygen atoms in total. The van der Waals surface area contributed by atoms with Crippen molar-refractivity contribution >= 4 is 28.5 Å². The second-order valence-electron chi connectivity index (χ2n) is 7.87. The molecule has 1 fully saturated rings. The number of amides is 1. The van der Waals surface area contributed by atoms with Gasteiger partial charge in [0.25, 0.3) is 5.91 Å². The van der Waals surface area contributed by atoms with Crippen molar-refractivity contribution in [3.05, 3.63) is 69.4 Å². The number of rotatable bonds is 5. The molecule has 1 amide bonds. The lowest BCUT2D eigenvalue weighted by Gasteiger charge is -2.34. The molecule has 0 radical (unpaired) electrons. The van der Waals surface area contributed by atoms with Crippen LogP contribution in [0.2, 0.25) is 5.02 Å². The lowest BCUT2D eigenvalue weighted by molar-refractivity contribution is 0.0161. The molecule has 3 aromatic rings. The maximum absolute atomic E-state index is 13.0. The van der Waals surface area contributed by atoms with Crippen LogP contribution in [-0.2, 0) is 4.74 Å². The van der Waals surface area contributed by atoms with E-state index in [1.165, 1.54) is 0 Å². The molecular weight excluding hydrogens is 400 g/mol. The minimum atomic E-state index is -0.187. The van der Waals surface area contributed by atoms with E-state index in [2.05, 4.69) is 16.3 Å². The van der Waals surface area contributed by atoms with Crippen molar-refractivity contribution in [1.82, 2.24) is 10.2 Å². The normalized spacial score (nSPS) is 16.0. The number of halogens is 1. The third kappa shape index (κ3) is 4.10. The van der Waals surface area contributed by atoms with Crippen LogP contribution >= 0.6 is 11.6 Å². The number of ether oxygens (including phenoxy) is 1. The molecule has 0 aliphatic carbocycles. The van der Waals surface area contributed by atoms with Gasteiger partial charge in [0.15, 0.2) is 5.76 Å². The first-order valence-electron chi connectivity index (χ1n) is 10.3. The van der Waals surface area contributed by atoms with Crippen LogP contribution in [0.3, 0.4) is 0 Å². The van der Waals surface area contributed by atoms with Crippen molar-refractivity contribution in [3.63, 3.8) is 0 Å². The van der Waals surface area contributed by atoms with Crippen LogP contribution in [0.4, 0.5) is 0 Å². The van der Waals surface area contributed by atoms with E-state index in [1.54, 1.807) is 0 Å². The van der Waals surface area contributed by atoms with Gasteiger partial charge in [-0.3, -0.25) is 9.69 Å². The Kier molecular flexibility index (Phi) is 6.14. The zero-order valence-corrected chi connectivity index (χ0v) is 18.4. The summed E-state index contributed by atoms with van der Waals surface area (Å²) >= 11 is 6.07. The number of aryl methyl sites for hydroxylation is 3. The van der Waals surface area contributed by atoms with Crippen molar-refractivity contribution in [3.8, 4) is 0 Å². The summed E-state index contributed by atoms with van der Waals surface area (Å²) < 4.78 is 11.5. The first-order valence-corrected chi connectivity index (χ1v) is 10.7. The van der Waals surface area contributed by atoms with Crippen LogP contribution in [0.5, 0.6) is 0 Å². The molecule has 0 spiro atoms. The molecular formula is C24H27ClN2O3. The van der Waals surface area contributed by atoms with Crippen LogP contribution in [0.15, 0.2) is 40.8 Å². The SMILES string of the molecule is Cc1ccc2c(C)c(C(=O)NC[C@@H](c3ccc(Cl)cc3)N3CCOCC3)oc2c1C. The quantitative estimate of drug-likeness (QED) is 0.635. The molecule has 0 bridgehead atoms. The fourth-order valence-electron chi connectivity index (χ4n) is 4.04. The Balaban J connectivity index is 1.56. The number of hydrogen-bond acceptors (Lipinski definition) is 4. The van der Waals surface area contributed by atoms with E-state index in [0.717, 1.165) is 46.3 Å². The molecule has 1 saturated heterocycles. The van der Waals surface area contributed by atoms with Gasteiger partial charge in [-0.15, -0.1) is 0 Å². The number of carbonyl (C=O) groups is 1. The average molecular weight is 427 g/mol. The zero-order valence-electron chi connectivity index (χ0n) is 17.6. The minimum absolute atomic E-state index is 0.0452. The van der Waals surface area contributed by atoms with Crippen molar-refractivity contribution in [2.24, 2.45) is 0 Å². The third-order valence-corrected chi connectivity index (χ3v) is 6.28. The highest BCUT2D eigenvalue weighted by molar-refractivity contribution is 6.30. The maximum atomic E-state index is 13.0. The summed E-state index contributed by atoms with van der Waals surface area (Å²) in [6.07, 6.45) is 0. The number of fused-ring (bicyclic) bond motifs is 1. The molecule has 1 aliphatic heterocycles. The lowest BCUT2D eigenvalue weighted by atomic mass is 10.0. The predicted octanol–water partition coefficient (Wildman–Crippen LogP) is 4.81. The van der Waals surface area contributed by atoms with E-state index >= 15 is 0 Å². The second-order valence-corrected chi connectivity index (χ2v) is 8.30. The fraction of sp³-hybridized carbons (Fsp3) is 0.375. The molecule has 158 valence electrons. The number of hydrogen-bond donors (Lipinski definition) is 1. The molecule has 0 saturated carbocycles. The highest BCUT2D eigenvalue weighted by Gasteiger charge is 2.25. The van der Waals surface area contributed by atoms with Gasteiger partial charge in [0.05, 0.1) is 19.3 Å². The van der Waals surface area contributed by atoms with Crippen molar-refractivity contribution < 1.29 is 13.9 Å². The van der Waals surface area contributed by atoms with Gasteiger partial charge in [-0.1, -0.05) is 35.9 Å². The van der Waals surface area contributed by atoms with Crippen molar-refractivity contribution in [2.45, 2.75) is 26.8 Å². The van der Waals surface area contributed by atoms with Gasteiger partial charge >= 0.3 is 0 Å². The molecule has 30 heavy (non-hydrogen) atoms. The minimum Gasteiger partial charge on any atom is -0.450 e. The highest BCUT2D eigenvalue weighted by atomic mass is 35.5. The number of nitrogens with one attached hydrogen (secondary N) is 1. The number of nitrogens with zero attached hydrogens (tertiary/aromatic N) is 1. The van der Waals surface area contributed by atoms with E-state index in [-0.39, 0.29) is 11.9 Å². The molecule has 2 heterocycles. The van der Waals surface area contributed by atoms with Gasteiger partial charge in [0.1, 0.15) is 5.58 Å². The van der Waals surface area contributed by atoms with Gasteiger partial charge in [0, 0.05) is 35.6 Å². The van der Waals surface area contributed by atoms with Gasteiger partial charge in [0.2, 0.25) is 0 Å². The third-order valence-electron chi connectivity index (χ3n) is 6.03. The Morgan fingerprint density at radius 3 is 2.47 bits per heavy atom. The number of morpholine rings is 1. The predicted molar refractivity (Wildman–Crippen MR) is 119 cm³/mol. The summed E-state index contributed by atoms with van der Waals surface area (Å²) in [4.78, 5) is 15.4. The van der Waals surface area contributed by atoms with Crippen LogP contribution in [-0.4, -0.2) is 43.7 Å². The van der Waals surface area contributed by atoms with Crippen molar-refractivity contribution in [1.29, 1.82) is 0 Å². The highest BCUT2D eigenvalue weighted by Crippen LogP contribution is 2.30. The summed E-state index contributed by atoms with van der Waals surface area (Å²) in [5, 5.41) is 4.79. The zero-order chi connectivity index (χ0) is 21.3. The van der Waals surface area contributed by atoms with Crippen LogP contribution in [0.1, 0.15) is 38.9 Å². The monoisotopic (exact) mass is 426 g/mol. The Hall–Kier alpha value is -2.34. The maximum Gasteiger partial charge on any atom is 0.287 e. The van der Waals surface area contributed by atoms with E-state index in [1.807, 2.05) is 51.1 Å². The Labute approximate surface area is 181 Å². The number of furan rings is 1. The summed E-state index contributed by atoms with van der Waals surface area (Å²) in [6, 6.07) is 12.0. The Morgan fingerprint density at radius 1 is 1.07 bits per heavy atom. The molecule has 0 unspecified atom stereocenters. The first kappa shape index (κ1) is 20.9. The van der Waals surface area contributed by atoms with Crippen molar-refractivity contribution in [2.75, 3.05) is 32.8 Å². The summed E-state index contributed by atoms with van der Waals surface area (Å²) in [7, 11) is 0. The van der Waals surface area contributed by atoms with Gasteiger partial charge in [-0.25, -0.2) is 0 Å². The topological polar surface area (TPSA) is 54.7 Å². The molecule has 6 heteroatoms.